The third-order valence-corrected chi connectivity index (χ3v) is 7.67. The number of anilines is 2. The van der Waals surface area contributed by atoms with E-state index in [1.807, 2.05) is 6.92 Å². The molecule has 5 rings (SSSR count). The first kappa shape index (κ1) is 36.1. The van der Waals surface area contributed by atoms with Gasteiger partial charge in [0.25, 0.3) is 5.91 Å². The van der Waals surface area contributed by atoms with E-state index < -0.39 is 29.2 Å². The standard InChI is InChI=1S/C34H36F3N11O3/c1-2-19-16-21(6-7-22(19)32(49)42-12-13-43-33(50)24(38)4-3-11-44-34(39)40)47-30-31-46-18-25(48(31)15-14-41-30)23-8-9-26(29(37)28(23)36)51-27-10-5-20(35)17-45-27/h5-10,14-18,24H,2-4,11-13,38H2,1H3,(H,41,47)(H,42,49)(H,43,50)(H4,39,40,44). The van der Waals surface area contributed by atoms with Gasteiger partial charge in [-0.15, -0.1) is 0 Å². The van der Waals surface area contributed by atoms with Gasteiger partial charge in [0.2, 0.25) is 17.6 Å². The molecule has 2 aromatic carbocycles. The van der Waals surface area contributed by atoms with Crippen LogP contribution in [0.3, 0.4) is 0 Å². The Morgan fingerprint density at radius 1 is 0.980 bits per heavy atom. The highest BCUT2D eigenvalue weighted by Crippen LogP contribution is 2.33. The van der Waals surface area contributed by atoms with E-state index in [4.69, 9.17) is 21.9 Å². The fraction of sp³-hybridized carbons (Fsp3) is 0.235. The van der Waals surface area contributed by atoms with Gasteiger partial charge in [0, 0.05) is 54.9 Å². The van der Waals surface area contributed by atoms with Crippen LogP contribution in [-0.4, -0.2) is 62.8 Å². The number of aromatic nitrogens is 4. The summed E-state index contributed by atoms with van der Waals surface area (Å²) in [4.78, 5) is 41.5. The quantitative estimate of drug-likeness (QED) is 0.0530. The summed E-state index contributed by atoms with van der Waals surface area (Å²) in [6, 6.07) is 9.32. The number of fused-ring (bicyclic) bond motifs is 1. The van der Waals surface area contributed by atoms with E-state index in [2.05, 4.69) is 35.9 Å². The van der Waals surface area contributed by atoms with Crippen LogP contribution in [0, 0.1) is 17.5 Å². The molecule has 0 bridgehead atoms. The molecule has 3 aromatic heterocycles. The SMILES string of the molecule is CCc1cc(Nc2nccn3c(-c4ccc(Oc5ccc(F)cn5)c(F)c4F)cnc23)ccc1C(=O)NCCNC(=O)C(N)CCCN=C(N)N. The summed E-state index contributed by atoms with van der Waals surface area (Å²) in [5.41, 5.74) is 18.8. The molecule has 0 spiro atoms. The molecule has 0 fully saturated rings. The van der Waals surface area contributed by atoms with Crippen LogP contribution in [0.15, 0.2) is 72.2 Å². The lowest BCUT2D eigenvalue weighted by Gasteiger charge is -2.14. The lowest BCUT2D eigenvalue weighted by Crippen LogP contribution is -2.43. The van der Waals surface area contributed by atoms with Gasteiger partial charge in [-0.2, -0.15) is 4.39 Å². The maximum Gasteiger partial charge on any atom is 0.251 e. The molecule has 0 radical (unpaired) electrons. The molecule has 9 N–H and O–H groups in total. The van der Waals surface area contributed by atoms with Crippen LogP contribution in [-0.2, 0) is 11.2 Å². The van der Waals surface area contributed by atoms with E-state index in [0.29, 0.717) is 48.5 Å². The molecule has 0 saturated carbocycles. The predicted molar refractivity (Wildman–Crippen MR) is 185 cm³/mol. The monoisotopic (exact) mass is 703 g/mol. The van der Waals surface area contributed by atoms with Gasteiger partial charge < -0.3 is 37.9 Å². The Balaban J connectivity index is 1.22. The van der Waals surface area contributed by atoms with Crippen molar-refractivity contribution in [2.45, 2.75) is 32.2 Å². The average molecular weight is 704 g/mol. The summed E-state index contributed by atoms with van der Waals surface area (Å²) >= 11 is 0. The molecule has 0 aliphatic heterocycles. The first-order chi connectivity index (χ1) is 24.5. The highest BCUT2D eigenvalue weighted by atomic mass is 19.2. The number of amides is 2. The van der Waals surface area contributed by atoms with E-state index in [1.165, 1.54) is 30.6 Å². The number of hydrogen-bond acceptors (Lipinski definition) is 9. The molecule has 1 atom stereocenters. The number of carbonyl (C=O) groups excluding carboxylic acids is 2. The number of nitrogens with zero attached hydrogens (tertiary/aromatic N) is 5. The number of carbonyl (C=O) groups is 2. The largest absolute Gasteiger partial charge is 0.436 e. The maximum absolute atomic E-state index is 15.3. The highest BCUT2D eigenvalue weighted by molar-refractivity contribution is 5.96. The van der Waals surface area contributed by atoms with Crippen LogP contribution in [0.2, 0.25) is 0 Å². The fourth-order valence-electron chi connectivity index (χ4n) is 5.11. The Labute approximate surface area is 290 Å². The highest BCUT2D eigenvalue weighted by Gasteiger charge is 2.21. The van der Waals surface area contributed by atoms with Gasteiger partial charge in [0.05, 0.1) is 24.1 Å². The van der Waals surface area contributed by atoms with Crippen molar-refractivity contribution in [1.82, 2.24) is 30.0 Å². The minimum absolute atomic E-state index is 0.0200. The Morgan fingerprint density at radius 2 is 1.78 bits per heavy atom. The molecule has 0 aliphatic carbocycles. The molecule has 0 aliphatic rings. The molecule has 5 aromatic rings. The van der Waals surface area contributed by atoms with Gasteiger partial charge in [0.15, 0.2) is 29.0 Å². The summed E-state index contributed by atoms with van der Waals surface area (Å²) < 4.78 is 50.4. The summed E-state index contributed by atoms with van der Waals surface area (Å²) in [5, 5.41) is 8.70. The van der Waals surface area contributed by atoms with Gasteiger partial charge in [-0.3, -0.25) is 19.0 Å². The first-order valence-electron chi connectivity index (χ1n) is 15.9. The average Bonchev–Trinajstić information content (AvgIpc) is 3.56. The summed E-state index contributed by atoms with van der Waals surface area (Å²) in [7, 11) is 0. The topological polar surface area (TPSA) is 213 Å². The molecule has 3 heterocycles. The van der Waals surface area contributed by atoms with Gasteiger partial charge in [-0.25, -0.2) is 23.7 Å². The molecular weight excluding hydrogens is 667 g/mol. The fourth-order valence-corrected chi connectivity index (χ4v) is 5.11. The van der Waals surface area contributed by atoms with E-state index >= 15 is 8.78 Å². The van der Waals surface area contributed by atoms with Crippen LogP contribution < -0.4 is 37.9 Å². The Hall–Kier alpha value is -6.23. The van der Waals surface area contributed by atoms with E-state index in [0.717, 1.165) is 17.8 Å². The van der Waals surface area contributed by atoms with Crippen molar-refractivity contribution in [2.24, 2.45) is 22.2 Å². The number of halogens is 3. The van der Waals surface area contributed by atoms with Crippen LogP contribution in [0.25, 0.3) is 16.9 Å². The maximum atomic E-state index is 15.3. The third kappa shape index (κ3) is 8.87. The number of pyridine rings is 1. The third-order valence-electron chi connectivity index (χ3n) is 7.67. The molecular formula is C34H36F3N11O3. The summed E-state index contributed by atoms with van der Waals surface area (Å²) in [5.74, 6) is -3.89. The van der Waals surface area contributed by atoms with Crippen LogP contribution in [0.4, 0.5) is 24.7 Å². The number of guanidine groups is 1. The first-order valence-corrected chi connectivity index (χ1v) is 15.9. The second kappa shape index (κ2) is 16.4. The normalized spacial score (nSPS) is 11.5. The van der Waals surface area contributed by atoms with Crippen LogP contribution in [0.1, 0.15) is 35.7 Å². The number of nitrogens with one attached hydrogen (secondary N) is 3. The number of nitrogens with two attached hydrogens (primary N) is 3. The van der Waals surface area contributed by atoms with Crippen molar-refractivity contribution in [3.8, 4) is 22.9 Å². The van der Waals surface area contributed by atoms with Crippen molar-refractivity contribution < 1.29 is 27.5 Å². The lowest BCUT2D eigenvalue weighted by molar-refractivity contribution is -0.122. The Kier molecular flexibility index (Phi) is 11.6. The molecule has 14 nitrogen and oxygen atoms in total. The number of aliphatic imine (C=N–C) groups is 1. The number of aryl methyl sites for hydroxylation is 1. The second-order valence-electron chi connectivity index (χ2n) is 11.2. The molecule has 1 unspecified atom stereocenters. The lowest BCUT2D eigenvalue weighted by atomic mass is 10.0. The van der Waals surface area contributed by atoms with Gasteiger partial charge >= 0.3 is 0 Å². The van der Waals surface area contributed by atoms with E-state index in [9.17, 15) is 14.0 Å². The zero-order valence-electron chi connectivity index (χ0n) is 27.5. The number of ether oxygens (including phenoxy) is 1. The van der Waals surface area contributed by atoms with Gasteiger partial charge in [-0.1, -0.05) is 6.92 Å². The zero-order valence-corrected chi connectivity index (χ0v) is 27.5. The minimum atomic E-state index is -1.25. The molecule has 0 saturated heterocycles. The molecule has 266 valence electrons. The van der Waals surface area contributed by atoms with Gasteiger partial charge in [0.1, 0.15) is 5.82 Å². The smallest absolute Gasteiger partial charge is 0.251 e. The Morgan fingerprint density at radius 3 is 2.53 bits per heavy atom. The predicted octanol–water partition coefficient (Wildman–Crippen LogP) is 3.53. The van der Waals surface area contributed by atoms with Crippen molar-refractivity contribution >= 4 is 34.9 Å². The van der Waals surface area contributed by atoms with Crippen molar-refractivity contribution in [1.29, 1.82) is 0 Å². The zero-order chi connectivity index (χ0) is 36.5. The molecule has 17 heteroatoms. The van der Waals surface area contributed by atoms with Crippen molar-refractivity contribution in [3.63, 3.8) is 0 Å². The summed E-state index contributed by atoms with van der Waals surface area (Å²) in [6.07, 6.45) is 6.82. The van der Waals surface area contributed by atoms with Crippen LogP contribution >= 0.6 is 0 Å². The second-order valence-corrected chi connectivity index (χ2v) is 11.2. The summed E-state index contributed by atoms with van der Waals surface area (Å²) in [6.45, 7) is 2.66. The number of imidazole rings is 1. The molecule has 2 amide bonds. The molecule has 51 heavy (non-hydrogen) atoms. The van der Waals surface area contributed by atoms with Crippen molar-refractivity contribution in [3.05, 3.63) is 95.8 Å². The number of rotatable bonds is 15. The van der Waals surface area contributed by atoms with E-state index in [1.54, 1.807) is 28.8 Å². The number of hydrogen-bond donors (Lipinski definition) is 6. The number of benzene rings is 2. The van der Waals surface area contributed by atoms with Crippen LogP contribution in [0.5, 0.6) is 11.6 Å². The van der Waals surface area contributed by atoms with E-state index in [-0.39, 0.29) is 48.0 Å². The van der Waals surface area contributed by atoms with Crippen molar-refractivity contribution in [2.75, 3.05) is 25.0 Å². The Bertz CT molecular complexity index is 2050. The van der Waals surface area contributed by atoms with Gasteiger partial charge in [-0.05, 0) is 61.2 Å². The minimum Gasteiger partial charge on any atom is -0.436 e.